The van der Waals surface area contributed by atoms with Crippen LogP contribution in [0.4, 0.5) is 0 Å². The molecule has 8 heteroatoms. The third-order valence-corrected chi connectivity index (χ3v) is 4.27. The maximum absolute atomic E-state index is 12.1. The lowest BCUT2D eigenvalue weighted by molar-refractivity contribution is -0.119. The molecule has 2 amide bonds. The van der Waals surface area contributed by atoms with Gasteiger partial charge < -0.3 is 14.8 Å². The number of nitrogens with one attached hydrogen (secondary N) is 2. The van der Waals surface area contributed by atoms with E-state index in [1.807, 2.05) is 18.2 Å². The molecule has 0 radical (unpaired) electrons. The van der Waals surface area contributed by atoms with E-state index >= 15 is 0 Å². The number of carbonyl (C=O) groups is 2. The van der Waals surface area contributed by atoms with E-state index in [0.717, 1.165) is 5.56 Å². The number of hydrogen-bond acceptors (Lipinski definition) is 5. The second-order valence-electron chi connectivity index (χ2n) is 6.26. The first kappa shape index (κ1) is 22.2. The molecule has 0 fully saturated rings. The quantitative estimate of drug-likeness (QED) is 0.484. The predicted octanol–water partition coefficient (Wildman–Crippen LogP) is 3.21. The van der Waals surface area contributed by atoms with Gasteiger partial charge in [-0.15, -0.1) is 0 Å². The third kappa shape index (κ3) is 7.12. The van der Waals surface area contributed by atoms with Gasteiger partial charge in [-0.25, -0.2) is 5.43 Å². The van der Waals surface area contributed by atoms with Gasteiger partial charge in [0, 0.05) is 22.8 Å². The summed E-state index contributed by atoms with van der Waals surface area (Å²) in [5.74, 6) is 0.742. The van der Waals surface area contributed by atoms with E-state index in [4.69, 9.17) is 21.1 Å². The molecule has 29 heavy (non-hydrogen) atoms. The Balaban J connectivity index is 1.78. The van der Waals surface area contributed by atoms with Crippen LogP contribution in [0.5, 0.6) is 11.5 Å². The fraction of sp³-hybridized carbons (Fsp3) is 0.286. The van der Waals surface area contributed by atoms with E-state index in [-0.39, 0.29) is 18.2 Å². The summed E-state index contributed by atoms with van der Waals surface area (Å²) in [5, 5.41) is 7.26. The van der Waals surface area contributed by atoms with Gasteiger partial charge in [0.25, 0.3) is 5.91 Å². The van der Waals surface area contributed by atoms with Gasteiger partial charge in [-0.3, -0.25) is 9.59 Å². The molecule has 0 saturated carbocycles. The van der Waals surface area contributed by atoms with Crippen molar-refractivity contribution in [2.24, 2.45) is 5.10 Å². The van der Waals surface area contributed by atoms with Crippen LogP contribution in [0.2, 0.25) is 5.02 Å². The molecule has 2 N–H and O–H groups in total. The first-order valence-electron chi connectivity index (χ1n) is 8.99. The first-order valence-corrected chi connectivity index (χ1v) is 9.37. The van der Waals surface area contributed by atoms with Gasteiger partial charge in [-0.05, 0) is 49.2 Å². The van der Waals surface area contributed by atoms with Crippen molar-refractivity contribution in [2.45, 2.75) is 19.8 Å². The van der Waals surface area contributed by atoms with Crippen LogP contribution in [0.25, 0.3) is 0 Å². The number of hydrogen-bond donors (Lipinski definition) is 2. The smallest absolute Gasteiger partial charge is 0.271 e. The Kier molecular flexibility index (Phi) is 8.48. The molecular formula is C21H24ClN3O4. The molecule has 154 valence electrons. The molecule has 0 saturated heterocycles. The average molecular weight is 418 g/mol. The normalized spacial score (nSPS) is 11.0. The Morgan fingerprint density at radius 1 is 1.07 bits per heavy atom. The van der Waals surface area contributed by atoms with Crippen molar-refractivity contribution in [3.63, 3.8) is 0 Å². The molecule has 0 aliphatic carbocycles. The van der Waals surface area contributed by atoms with Crippen molar-refractivity contribution < 1.29 is 19.1 Å². The molecule has 0 aliphatic heterocycles. The molecule has 7 nitrogen and oxygen atoms in total. The molecule has 0 unspecified atom stereocenters. The molecule has 0 atom stereocenters. The topological polar surface area (TPSA) is 89.0 Å². The summed E-state index contributed by atoms with van der Waals surface area (Å²) in [4.78, 5) is 24.1. The third-order valence-electron chi connectivity index (χ3n) is 4.04. The van der Waals surface area contributed by atoms with Gasteiger partial charge in [-0.1, -0.05) is 23.7 Å². The van der Waals surface area contributed by atoms with Gasteiger partial charge in [0.1, 0.15) is 0 Å². The van der Waals surface area contributed by atoms with Crippen LogP contribution in [0.15, 0.2) is 47.6 Å². The van der Waals surface area contributed by atoms with Crippen LogP contribution in [0.3, 0.4) is 0 Å². The van der Waals surface area contributed by atoms with E-state index in [1.165, 1.54) is 0 Å². The minimum Gasteiger partial charge on any atom is -0.493 e. The number of hydrazone groups is 1. The summed E-state index contributed by atoms with van der Waals surface area (Å²) >= 11 is 5.86. The SMILES string of the molecule is COc1ccc(CCNC(=O)C/C(C)=N/NC(=O)c2cccc(Cl)c2)cc1OC. The monoisotopic (exact) mass is 417 g/mol. The summed E-state index contributed by atoms with van der Waals surface area (Å²) in [6.45, 7) is 2.14. The van der Waals surface area contributed by atoms with Crippen molar-refractivity contribution in [1.29, 1.82) is 0 Å². The van der Waals surface area contributed by atoms with Crippen molar-refractivity contribution in [2.75, 3.05) is 20.8 Å². The van der Waals surface area contributed by atoms with E-state index in [2.05, 4.69) is 15.8 Å². The zero-order valence-corrected chi connectivity index (χ0v) is 17.4. The summed E-state index contributed by atoms with van der Waals surface area (Å²) in [7, 11) is 3.16. The zero-order chi connectivity index (χ0) is 21.2. The van der Waals surface area contributed by atoms with Gasteiger partial charge in [-0.2, -0.15) is 5.10 Å². The lowest BCUT2D eigenvalue weighted by Gasteiger charge is -2.10. The highest BCUT2D eigenvalue weighted by molar-refractivity contribution is 6.30. The van der Waals surface area contributed by atoms with Crippen molar-refractivity contribution in [3.05, 3.63) is 58.6 Å². The van der Waals surface area contributed by atoms with E-state index in [9.17, 15) is 9.59 Å². The minimum absolute atomic E-state index is 0.0851. The molecule has 0 bridgehead atoms. The van der Waals surface area contributed by atoms with Crippen molar-refractivity contribution in [3.8, 4) is 11.5 Å². The Morgan fingerprint density at radius 2 is 1.83 bits per heavy atom. The number of ether oxygens (including phenoxy) is 2. The summed E-state index contributed by atoms with van der Waals surface area (Å²) in [6, 6.07) is 12.2. The van der Waals surface area contributed by atoms with Crippen LogP contribution in [-0.4, -0.2) is 38.3 Å². The molecule has 2 rings (SSSR count). The summed E-state index contributed by atoms with van der Waals surface area (Å²) in [5.41, 5.74) is 4.32. The van der Waals surface area contributed by atoms with Crippen LogP contribution in [-0.2, 0) is 11.2 Å². The Labute approximate surface area is 175 Å². The largest absolute Gasteiger partial charge is 0.493 e. The minimum atomic E-state index is -0.388. The first-order chi connectivity index (χ1) is 13.9. The van der Waals surface area contributed by atoms with Crippen LogP contribution in [0.1, 0.15) is 29.3 Å². The molecule has 2 aromatic rings. The summed E-state index contributed by atoms with van der Waals surface area (Å²) < 4.78 is 10.5. The fourth-order valence-corrected chi connectivity index (χ4v) is 2.75. The molecule has 0 spiro atoms. The van der Waals surface area contributed by atoms with E-state index in [1.54, 1.807) is 45.4 Å². The maximum atomic E-state index is 12.1. The fourth-order valence-electron chi connectivity index (χ4n) is 2.56. The Morgan fingerprint density at radius 3 is 2.52 bits per heavy atom. The number of carbonyl (C=O) groups excluding carboxylic acids is 2. The lowest BCUT2D eigenvalue weighted by atomic mass is 10.1. The standard InChI is InChI=1S/C21H24ClN3O4/c1-14(24-25-21(27)16-5-4-6-17(22)13-16)11-20(26)23-10-9-15-7-8-18(28-2)19(12-15)29-3/h4-8,12-13H,9-11H2,1-3H3,(H,23,26)(H,25,27)/b24-14+. The van der Waals surface area contributed by atoms with Gasteiger partial charge in [0.2, 0.25) is 5.91 Å². The highest BCUT2D eigenvalue weighted by atomic mass is 35.5. The second-order valence-corrected chi connectivity index (χ2v) is 6.70. The molecule has 0 aliphatic rings. The van der Waals surface area contributed by atoms with Gasteiger partial charge in [0.05, 0.1) is 20.6 Å². The van der Waals surface area contributed by atoms with Crippen LogP contribution >= 0.6 is 11.6 Å². The highest BCUT2D eigenvalue weighted by Gasteiger charge is 2.08. The Bertz CT molecular complexity index is 899. The number of nitrogens with zero attached hydrogens (tertiary/aromatic N) is 1. The van der Waals surface area contributed by atoms with E-state index in [0.29, 0.717) is 40.8 Å². The number of rotatable bonds is 9. The van der Waals surface area contributed by atoms with Crippen LogP contribution in [0, 0.1) is 0 Å². The number of methoxy groups -OCH3 is 2. The zero-order valence-electron chi connectivity index (χ0n) is 16.6. The molecule has 2 aromatic carbocycles. The summed E-state index contributed by atoms with van der Waals surface area (Å²) in [6.07, 6.45) is 0.732. The second kappa shape index (κ2) is 11.1. The number of benzene rings is 2. The number of amides is 2. The predicted molar refractivity (Wildman–Crippen MR) is 113 cm³/mol. The van der Waals surface area contributed by atoms with Crippen molar-refractivity contribution >= 4 is 29.1 Å². The van der Waals surface area contributed by atoms with Crippen LogP contribution < -0.4 is 20.2 Å². The highest BCUT2D eigenvalue weighted by Crippen LogP contribution is 2.27. The molecular weight excluding hydrogens is 394 g/mol. The number of halogens is 1. The van der Waals surface area contributed by atoms with Gasteiger partial charge in [0.15, 0.2) is 11.5 Å². The Hall–Kier alpha value is -3.06. The van der Waals surface area contributed by atoms with Gasteiger partial charge >= 0.3 is 0 Å². The van der Waals surface area contributed by atoms with Crippen molar-refractivity contribution in [1.82, 2.24) is 10.7 Å². The maximum Gasteiger partial charge on any atom is 0.271 e. The average Bonchev–Trinajstić information content (AvgIpc) is 2.71. The van der Waals surface area contributed by atoms with E-state index < -0.39 is 0 Å². The lowest BCUT2D eigenvalue weighted by Crippen LogP contribution is -2.28. The molecule has 0 aromatic heterocycles. The molecule has 0 heterocycles.